The molecule has 1 aromatic carbocycles. The maximum atomic E-state index is 12.6. The molecule has 1 aliphatic heterocycles. The highest BCUT2D eigenvalue weighted by Gasteiger charge is 2.34. The van der Waals surface area contributed by atoms with Gasteiger partial charge in [-0.1, -0.05) is 17.2 Å². The van der Waals surface area contributed by atoms with Crippen molar-refractivity contribution >= 4 is 11.9 Å². The average molecular weight is 277 g/mol. The maximum Gasteiger partial charge on any atom is 0.331 e. The van der Waals surface area contributed by atoms with Gasteiger partial charge >= 0.3 is 5.97 Å². The van der Waals surface area contributed by atoms with Crippen molar-refractivity contribution in [3.8, 4) is 0 Å². The lowest BCUT2D eigenvalue weighted by molar-refractivity contribution is -0.151. The fourth-order valence-electron chi connectivity index (χ4n) is 2.44. The molecule has 108 valence electrons. The molecule has 0 N–H and O–H groups in total. The Morgan fingerprint density at radius 3 is 2.50 bits per heavy atom. The number of morpholine rings is 1. The monoisotopic (exact) mass is 277 g/mol. The molecular formula is C15H19NO4. The number of nitrogens with zero attached hydrogens (tertiary/aromatic N) is 1. The minimum absolute atomic E-state index is 0.157. The van der Waals surface area contributed by atoms with E-state index in [1.54, 1.807) is 0 Å². The molecule has 1 amide bonds. The van der Waals surface area contributed by atoms with Crippen molar-refractivity contribution in [2.45, 2.75) is 19.9 Å². The summed E-state index contributed by atoms with van der Waals surface area (Å²) in [4.78, 5) is 25.9. The van der Waals surface area contributed by atoms with Crippen molar-refractivity contribution < 1.29 is 19.1 Å². The van der Waals surface area contributed by atoms with Crippen LogP contribution in [0.4, 0.5) is 0 Å². The van der Waals surface area contributed by atoms with E-state index in [0.29, 0.717) is 18.7 Å². The van der Waals surface area contributed by atoms with E-state index in [9.17, 15) is 9.59 Å². The van der Waals surface area contributed by atoms with Crippen molar-refractivity contribution in [1.82, 2.24) is 4.90 Å². The average Bonchev–Trinajstić information content (AvgIpc) is 2.44. The largest absolute Gasteiger partial charge is 0.467 e. The molecule has 0 aromatic heterocycles. The number of hydrogen-bond donors (Lipinski definition) is 0. The van der Waals surface area contributed by atoms with Crippen molar-refractivity contribution in [3.63, 3.8) is 0 Å². The topological polar surface area (TPSA) is 55.8 Å². The van der Waals surface area contributed by atoms with Crippen LogP contribution in [-0.2, 0) is 14.3 Å². The van der Waals surface area contributed by atoms with Gasteiger partial charge in [0, 0.05) is 12.1 Å². The third-order valence-electron chi connectivity index (χ3n) is 3.33. The third-order valence-corrected chi connectivity index (χ3v) is 3.33. The lowest BCUT2D eigenvalue weighted by atomic mass is 10.1. The van der Waals surface area contributed by atoms with Crippen molar-refractivity contribution in [2.75, 3.05) is 26.9 Å². The predicted octanol–water partition coefficient (Wildman–Crippen LogP) is 1.32. The summed E-state index contributed by atoms with van der Waals surface area (Å²) in [5.74, 6) is -0.599. The second-order valence-electron chi connectivity index (χ2n) is 4.99. The Bertz CT molecular complexity index is 506. The number of hydrogen-bond acceptors (Lipinski definition) is 4. The summed E-state index contributed by atoms with van der Waals surface area (Å²) in [5.41, 5.74) is 2.64. The SMILES string of the molecule is COC(=O)C1COCCN1C(=O)c1cc(C)cc(C)c1. The third kappa shape index (κ3) is 2.99. The molecule has 2 rings (SSSR count). The van der Waals surface area contributed by atoms with Gasteiger partial charge in [0.05, 0.1) is 20.3 Å². The van der Waals surface area contributed by atoms with E-state index >= 15 is 0 Å². The van der Waals surface area contributed by atoms with Crippen LogP contribution in [0.5, 0.6) is 0 Å². The zero-order chi connectivity index (χ0) is 14.7. The minimum Gasteiger partial charge on any atom is -0.467 e. The highest BCUT2D eigenvalue weighted by atomic mass is 16.5. The van der Waals surface area contributed by atoms with Crippen LogP contribution >= 0.6 is 0 Å². The molecule has 0 aliphatic carbocycles. The molecule has 20 heavy (non-hydrogen) atoms. The Morgan fingerprint density at radius 2 is 1.90 bits per heavy atom. The van der Waals surface area contributed by atoms with E-state index in [1.165, 1.54) is 12.0 Å². The second-order valence-corrected chi connectivity index (χ2v) is 4.99. The van der Waals surface area contributed by atoms with E-state index in [4.69, 9.17) is 9.47 Å². The van der Waals surface area contributed by atoms with E-state index in [2.05, 4.69) is 0 Å². The molecule has 0 bridgehead atoms. The summed E-state index contributed by atoms with van der Waals surface area (Å²) < 4.78 is 10.0. The first kappa shape index (κ1) is 14.5. The quantitative estimate of drug-likeness (QED) is 0.765. The molecule has 0 spiro atoms. The molecule has 1 aliphatic rings. The van der Waals surface area contributed by atoms with Crippen LogP contribution in [-0.4, -0.2) is 49.7 Å². The lowest BCUT2D eigenvalue weighted by Crippen LogP contribution is -2.53. The first-order valence-corrected chi connectivity index (χ1v) is 6.57. The zero-order valence-corrected chi connectivity index (χ0v) is 12.0. The molecule has 1 fully saturated rings. The Balaban J connectivity index is 2.27. The number of methoxy groups -OCH3 is 1. The van der Waals surface area contributed by atoms with Crippen LogP contribution in [0.3, 0.4) is 0 Å². The highest BCUT2D eigenvalue weighted by Crippen LogP contribution is 2.16. The molecule has 5 heteroatoms. The zero-order valence-electron chi connectivity index (χ0n) is 12.0. The normalized spacial score (nSPS) is 18.8. The molecule has 1 aromatic rings. The highest BCUT2D eigenvalue weighted by molar-refractivity contribution is 5.97. The summed E-state index contributed by atoms with van der Waals surface area (Å²) in [7, 11) is 1.32. The van der Waals surface area contributed by atoms with Gasteiger partial charge in [-0.3, -0.25) is 4.79 Å². The fraction of sp³-hybridized carbons (Fsp3) is 0.467. The van der Waals surface area contributed by atoms with Gasteiger partial charge in [0.15, 0.2) is 6.04 Å². The predicted molar refractivity (Wildman–Crippen MR) is 73.6 cm³/mol. The summed E-state index contributed by atoms with van der Waals surface area (Å²) >= 11 is 0. The molecular weight excluding hydrogens is 258 g/mol. The van der Waals surface area contributed by atoms with Gasteiger partial charge in [-0.2, -0.15) is 0 Å². The maximum absolute atomic E-state index is 12.6. The smallest absolute Gasteiger partial charge is 0.331 e. The Hall–Kier alpha value is -1.88. The molecule has 1 saturated heterocycles. The van der Waals surface area contributed by atoms with Crippen molar-refractivity contribution in [2.24, 2.45) is 0 Å². The molecule has 1 unspecified atom stereocenters. The van der Waals surface area contributed by atoms with Crippen LogP contribution in [0.25, 0.3) is 0 Å². The summed E-state index contributed by atoms with van der Waals surface area (Å²) in [6.45, 7) is 4.90. The van der Waals surface area contributed by atoms with E-state index < -0.39 is 12.0 Å². The van der Waals surface area contributed by atoms with Gasteiger partial charge < -0.3 is 14.4 Å². The van der Waals surface area contributed by atoms with Gasteiger partial charge in [0.2, 0.25) is 0 Å². The second kappa shape index (κ2) is 6.05. The molecule has 0 saturated carbocycles. The number of carbonyl (C=O) groups excluding carboxylic acids is 2. The first-order valence-electron chi connectivity index (χ1n) is 6.57. The molecule has 1 atom stereocenters. The standard InChI is InChI=1S/C15H19NO4/c1-10-6-11(2)8-12(7-10)14(17)16-4-5-20-9-13(16)15(18)19-3/h6-8,13H,4-5,9H2,1-3H3. The first-order chi connectivity index (χ1) is 9.52. The summed E-state index contributed by atoms with van der Waals surface area (Å²) in [6.07, 6.45) is 0. The minimum atomic E-state index is -0.665. The van der Waals surface area contributed by atoms with Gasteiger partial charge in [-0.25, -0.2) is 4.79 Å². The van der Waals surface area contributed by atoms with E-state index in [-0.39, 0.29) is 12.5 Å². The van der Waals surface area contributed by atoms with E-state index in [0.717, 1.165) is 11.1 Å². The van der Waals surface area contributed by atoms with Crippen LogP contribution in [0.2, 0.25) is 0 Å². The van der Waals surface area contributed by atoms with Crippen LogP contribution in [0.15, 0.2) is 18.2 Å². The molecule has 1 heterocycles. The van der Waals surface area contributed by atoms with Crippen molar-refractivity contribution in [3.05, 3.63) is 34.9 Å². The van der Waals surface area contributed by atoms with Gasteiger partial charge in [0.25, 0.3) is 5.91 Å². The van der Waals surface area contributed by atoms with Crippen LogP contribution < -0.4 is 0 Å². The Kier molecular flexibility index (Phi) is 4.39. The van der Waals surface area contributed by atoms with Crippen LogP contribution in [0, 0.1) is 13.8 Å². The van der Waals surface area contributed by atoms with Gasteiger partial charge in [0.1, 0.15) is 0 Å². The summed E-state index contributed by atoms with van der Waals surface area (Å²) in [6, 6.07) is 5.01. The Morgan fingerprint density at radius 1 is 1.25 bits per heavy atom. The number of esters is 1. The number of ether oxygens (including phenoxy) is 2. The Labute approximate surface area is 118 Å². The van der Waals surface area contributed by atoms with Gasteiger partial charge in [-0.05, 0) is 26.0 Å². The molecule has 0 radical (unpaired) electrons. The van der Waals surface area contributed by atoms with Gasteiger partial charge in [-0.15, -0.1) is 0 Å². The molecule has 5 nitrogen and oxygen atoms in total. The summed E-state index contributed by atoms with van der Waals surface area (Å²) in [5, 5.41) is 0. The van der Waals surface area contributed by atoms with Crippen LogP contribution in [0.1, 0.15) is 21.5 Å². The number of rotatable bonds is 2. The van der Waals surface area contributed by atoms with Crippen molar-refractivity contribution in [1.29, 1.82) is 0 Å². The number of amides is 1. The number of aryl methyl sites for hydroxylation is 2. The fourth-order valence-corrected chi connectivity index (χ4v) is 2.44. The van der Waals surface area contributed by atoms with E-state index in [1.807, 2.05) is 32.0 Å². The lowest BCUT2D eigenvalue weighted by Gasteiger charge is -2.33. The number of benzene rings is 1. The number of carbonyl (C=O) groups is 2.